The molecule has 114 valence electrons. The summed E-state index contributed by atoms with van der Waals surface area (Å²) >= 11 is 0. The first-order valence-corrected chi connectivity index (χ1v) is 6.47. The van der Waals surface area contributed by atoms with Crippen LogP contribution >= 0.6 is 12.4 Å². The van der Waals surface area contributed by atoms with Gasteiger partial charge < -0.3 is 16.4 Å². The summed E-state index contributed by atoms with van der Waals surface area (Å²) in [5, 5.41) is 15.3. The lowest BCUT2D eigenvalue weighted by atomic mass is 9.85. The molecule has 1 aliphatic heterocycles. The number of carbonyl (C=O) groups is 1. The molecule has 21 heavy (non-hydrogen) atoms. The number of hydrogen-bond donors (Lipinski definition) is 3. The molecule has 0 aromatic heterocycles. The van der Waals surface area contributed by atoms with Crippen LogP contribution in [-0.4, -0.2) is 25.0 Å². The van der Waals surface area contributed by atoms with Crippen LogP contribution in [0.3, 0.4) is 0 Å². The smallest absolute Gasteiger partial charge is 0.237 e. The number of nitrogens with zero attached hydrogens (tertiary/aromatic N) is 1. The number of nitrogens with two attached hydrogens (primary N) is 1. The Morgan fingerprint density at radius 3 is 2.86 bits per heavy atom. The molecule has 0 aliphatic carbocycles. The summed E-state index contributed by atoms with van der Waals surface area (Å²) in [7, 11) is 0. The van der Waals surface area contributed by atoms with Gasteiger partial charge in [0.2, 0.25) is 5.91 Å². The zero-order valence-electron chi connectivity index (χ0n) is 11.6. The van der Waals surface area contributed by atoms with Gasteiger partial charge in [0.25, 0.3) is 0 Å². The minimum atomic E-state index is -0.705. The number of amides is 1. The van der Waals surface area contributed by atoms with Crippen molar-refractivity contribution in [1.82, 2.24) is 10.6 Å². The van der Waals surface area contributed by atoms with Crippen molar-refractivity contribution in [3.05, 3.63) is 35.1 Å². The molecule has 0 saturated carbocycles. The first kappa shape index (κ1) is 17.4. The normalized spacial score (nSPS) is 22.0. The van der Waals surface area contributed by atoms with E-state index in [1.165, 1.54) is 12.1 Å². The number of benzene rings is 1. The molecule has 0 radical (unpaired) electrons. The predicted octanol–water partition coefficient (Wildman–Crippen LogP) is 0.771. The molecule has 1 aliphatic rings. The Labute approximate surface area is 129 Å². The highest BCUT2D eigenvalue weighted by molar-refractivity contribution is 5.85. The van der Waals surface area contributed by atoms with Gasteiger partial charge in [0.1, 0.15) is 5.82 Å². The molecular formula is C14H18ClFN4O. The maximum Gasteiger partial charge on any atom is 0.237 e. The molecule has 1 aromatic carbocycles. The molecule has 1 aromatic rings. The monoisotopic (exact) mass is 312 g/mol. The van der Waals surface area contributed by atoms with Crippen LogP contribution in [0.25, 0.3) is 0 Å². The molecule has 5 nitrogen and oxygen atoms in total. The highest BCUT2D eigenvalue weighted by Gasteiger charge is 2.39. The van der Waals surface area contributed by atoms with Crippen LogP contribution in [0.15, 0.2) is 18.2 Å². The Bertz CT molecular complexity index is 565. The van der Waals surface area contributed by atoms with Gasteiger partial charge >= 0.3 is 0 Å². The molecule has 0 bridgehead atoms. The van der Waals surface area contributed by atoms with Crippen molar-refractivity contribution in [2.45, 2.75) is 24.9 Å². The standard InChI is InChI=1S/C14H17FN4O.ClH/c1-9(17)13(20)19-14(4-5-18-8-14)12-3-2-11(15)6-10(12)7-16;/h2-3,6,9,18H,4-5,8,17H2,1H3,(H,19,20);1H/t9-,14+;/m0./s1. The van der Waals surface area contributed by atoms with Crippen molar-refractivity contribution >= 4 is 18.3 Å². The van der Waals surface area contributed by atoms with E-state index < -0.39 is 17.4 Å². The highest BCUT2D eigenvalue weighted by atomic mass is 35.5. The molecule has 2 rings (SSSR count). The summed E-state index contributed by atoms with van der Waals surface area (Å²) in [5.74, 6) is -0.758. The first-order chi connectivity index (χ1) is 9.48. The van der Waals surface area contributed by atoms with Gasteiger partial charge in [0.15, 0.2) is 0 Å². The zero-order chi connectivity index (χ0) is 14.8. The van der Waals surface area contributed by atoms with Crippen LogP contribution < -0.4 is 16.4 Å². The van der Waals surface area contributed by atoms with Crippen LogP contribution in [0, 0.1) is 17.1 Å². The number of nitrogens with one attached hydrogen (secondary N) is 2. The van der Waals surface area contributed by atoms with Crippen molar-refractivity contribution in [2.24, 2.45) is 5.73 Å². The summed E-state index contributed by atoms with van der Waals surface area (Å²) in [6.07, 6.45) is 0.631. The van der Waals surface area contributed by atoms with E-state index in [0.29, 0.717) is 25.1 Å². The van der Waals surface area contributed by atoms with E-state index in [9.17, 15) is 14.4 Å². The molecule has 4 N–H and O–H groups in total. The maximum absolute atomic E-state index is 13.3. The van der Waals surface area contributed by atoms with Gasteiger partial charge in [-0.15, -0.1) is 12.4 Å². The molecule has 2 atom stereocenters. The molecule has 0 unspecified atom stereocenters. The van der Waals surface area contributed by atoms with Crippen LogP contribution in [0.2, 0.25) is 0 Å². The van der Waals surface area contributed by atoms with E-state index in [0.717, 1.165) is 0 Å². The van der Waals surface area contributed by atoms with Crippen LogP contribution in [0.1, 0.15) is 24.5 Å². The Kier molecular flexibility index (Phi) is 5.67. The van der Waals surface area contributed by atoms with Gasteiger partial charge in [0, 0.05) is 6.54 Å². The molecule has 1 fully saturated rings. The average Bonchev–Trinajstić information content (AvgIpc) is 2.87. The molecular weight excluding hydrogens is 295 g/mol. The third-order valence-electron chi connectivity index (χ3n) is 3.55. The Balaban J connectivity index is 0.00000220. The highest BCUT2D eigenvalue weighted by Crippen LogP contribution is 2.31. The Morgan fingerprint density at radius 1 is 1.62 bits per heavy atom. The fourth-order valence-electron chi connectivity index (χ4n) is 2.47. The number of halogens is 2. The van der Waals surface area contributed by atoms with Crippen molar-refractivity contribution in [3.63, 3.8) is 0 Å². The summed E-state index contributed by atoms with van der Waals surface area (Å²) in [5.41, 5.74) is 5.74. The van der Waals surface area contributed by atoms with Crippen molar-refractivity contribution in [2.75, 3.05) is 13.1 Å². The fourth-order valence-corrected chi connectivity index (χ4v) is 2.47. The number of carbonyl (C=O) groups excluding carboxylic acids is 1. The van der Waals surface area contributed by atoms with Gasteiger partial charge in [-0.1, -0.05) is 6.07 Å². The fraction of sp³-hybridized carbons (Fsp3) is 0.429. The van der Waals surface area contributed by atoms with E-state index in [1.807, 2.05) is 6.07 Å². The van der Waals surface area contributed by atoms with Crippen molar-refractivity contribution < 1.29 is 9.18 Å². The van der Waals surface area contributed by atoms with Crippen molar-refractivity contribution in [1.29, 1.82) is 5.26 Å². The second-order valence-electron chi connectivity index (χ2n) is 5.09. The van der Waals surface area contributed by atoms with E-state index in [4.69, 9.17) is 5.73 Å². The number of nitriles is 1. The zero-order valence-corrected chi connectivity index (χ0v) is 12.5. The Hall–Kier alpha value is -1.68. The average molecular weight is 313 g/mol. The number of hydrogen-bond acceptors (Lipinski definition) is 4. The van der Waals surface area contributed by atoms with Crippen LogP contribution in [0.4, 0.5) is 4.39 Å². The second-order valence-corrected chi connectivity index (χ2v) is 5.09. The van der Waals surface area contributed by atoms with E-state index in [1.54, 1.807) is 13.0 Å². The third-order valence-corrected chi connectivity index (χ3v) is 3.55. The summed E-state index contributed by atoms with van der Waals surface area (Å²) in [6.45, 7) is 2.80. The Morgan fingerprint density at radius 2 is 2.33 bits per heavy atom. The summed E-state index contributed by atoms with van der Waals surface area (Å²) in [6, 6.07) is 5.40. The number of rotatable bonds is 3. The lowest BCUT2D eigenvalue weighted by Crippen LogP contribution is -2.52. The minimum absolute atomic E-state index is 0. The van der Waals surface area contributed by atoms with Gasteiger partial charge in [-0.2, -0.15) is 5.26 Å². The largest absolute Gasteiger partial charge is 0.344 e. The van der Waals surface area contributed by atoms with Crippen LogP contribution in [-0.2, 0) is 10.3 Å². The topological polar surface area (TPSA) is 90.9 Å². The first-order valence-electron chi connectivity index (χ1n) is 6.47. The summed E-state index contributed by atoms with van der Waals surface area (Å²) < 4.78 is 13.3. The molecule has 0 spiro atoms. The predicted molar refractivity (Wildman–Crippen MR) is 79.3 cm³/mol. The minimum Gasteiger partial charge on any atom is -0.344 e. The second kappa shape index (κ2) is 6.85. The van der Waals surface area contributed by atoms with Crippen molar-refractivity contribution in [3.8, 4) is 6.07 Å². The van der Waals surface area contributed by atoms with E-state index >= 15 is 0 Å². The lowest BCUT2D eigenvalue weighted by Gasteiger charge is -2.31. The molecule has 1 heterocycles. The third kappa shape index (κ3) is 3.50. The van der Waals surface area contributed by atoms with E-state index in [2.05, 4.69) is 10.6 Å². The molecule has 1 amide bonds. The molecule has 1 saturated heterocycles. The van der Waals surface area contributed by atoms with Crippen LogP contribution in [0.5, 0.6) is 0 Å². The quantitative estimate of drug-likeness (QED) is 0.769. The van der Waals surface area contributed by atoms with E-state index in [-0.39, 0.29) is 23.9 Å². The SMILES string of the molecule is C[C@H](N)C(=O)N[C@]1(c2ccc(F)cc2C#N)CCNC1.Cl. The van der Waals surface area contributed by atoms with Gasteiger partial charge in [-0.05, 0) is 37.6 Å². The van der Waals surface area contributed by atoms with Gasteiger partial charge in [-0.25, -0.2) is 4.39 Å². The molecule has 7 heteroatoms. The van der Waals surface area contributed by atoms with Gasteiger partial charge in [-0.3, -0.25) is 4.79 Å². The maximum atomic E-state index is 13.3. The van der Waals surface area contributed by atoms with Gasteiger partial charge in [0.05, 0.1) is 23.2 Å². The lowest BCUT2D eigenvalue weighted by molar-refractivity contribution is -0.123. The summed E-state index contributed by atoms with van der Waals surface area (Å²) in [4.78, 5) is 11.9.